The van der Waals surface area contributed by atoms with Gasteiger partial charge >= 0.3 is 0 Å². The van der Waals surface area contributed by atoms with E-state index in [2.05, 4.69) is 30.1 Å². The quantitative estimate of drug-likeness (QED) is 0.608. The molecule has 0 unspecified atom stereocenters. The van der Waals surface area contributed by atoms with E-state index in [9.17, 15) is 0 Å². The average Bonchev–Trinajstić information content (AvgIpc) is 2.28. The first-order valence-electron chi connectivity index (χ1n) is 4.26. The summed E-state index contributed by atoms with van der Waals surface area (Å²) >= 11 is 1.80. The lowest BCUT2D eigenvalue weighted by Crippen LogP contribution is -1.81. The first-order valence-corrected chi connectivity index (χ1v) is 5.07. The van der Waals surface area contributed by atoms with Crippen LogP contribution in [0.1, 0.15) is 19.4 Å². The predicted octanol–water partition coefficient (Wildman–Crippen LogP) is 3.46. The van der Waals surface area contributed by atoms with Crippen LogP contribution in [0.4, 0.5) is 0 Å². The van der Waals surface area contributed by atoms with Crippen molar-refractivity contribution in [2.45, 2.75) is 18.7 Å². The summed E-state index contributed by atoms with van der Waals surface area (Å²) in [5.74, 6) is 0. The van der Waals surface area contributed by atoms with Crippen molar-refractivity contribution in [2.24, 2.45) is 4.99 Å². The number of benzene rings is 1. The van der Waals surface area contributed by atoms with Gasteiger partial charge in [-0.25, -0.2) is 0 Å². The van der Waals surface area contributed by atoms with Gasteiger partial charge in [-0.05, 0) is 19.9 Å². The highest BCUT2D eigenvalue weighted by Gasteiger charge is 2.06. The third-order valence-electron chi connectivity index (χ3n) is 2.09. The fourth-order valence-electron chi connectivity index (χ4n) is 1.18. The van der Waals surface area contributed by atoms with E-state index in [4.69, 9.17) is 0 Å². The van der Waals surface area contributed by atoms with Gasteiger partial charge in [-0.2, -0.15) is 0 Å². The summed E-state index contributed by atoms with van der Waals surface area (Å²) in [6.45, 7) is 4.16. The van der Waals surface area contributed by atoms with Gasteiger partial charge in [-0.1, -0.05) is 30.0 Å². The lowest BCUT2D eigenvalue weighted by Gasteiger charge is -2.02. The maximum Gasteiger partial charge on any atom is 0.0468 e. The third-order valence-corrected chi connectivity index (χ3v) is 3.28. The minimum Gasteiger partial charge on any atom is -0.260 e. The maximum atomic E-state index is 4.38. The first kappa shape index (κ1) is 8.57. The van der Waals surface area contributed by atoms with Crippen LogP contribution in [0, 0.1) is 0 Å². The molecule has 0 amide bonds. The van der Waals surface area contributed by atoms with Gasteiger partial charge in [0.25, 0.3) is 0 Å². The van der Waals surface area contributed by atoms with Crippen molar-refractivity contribution in [1.29, 1.82) is 0 Å². The van der Waals surface area contributed by atoms with Gasteiger partial charge < -0.3 is 0 Å². The normalized spacial score (nSPS) is 15.5. The van der Waals surface area contributed by atoms with Gasteiger partial charge in [0.1, 0.15) is 0 Å². The Morgan fingerprint density at radius 1 is 1.15 bits per heavy atom. The molecule has 1 aromatic rings. The number of aliphatic imine (C=N–C) groups is 1. The van der Waals surface area contributed by atoms with Crippen molar-refractivity contribution >= 4 is 18.0 Å². The minimum atomic E-state index is 1.11. The molecule has 0 fully saturated rings. The van der Waals surface area contributed by atoms with E-state index in [1.54, 1.807) is 11.8 Å². The fraction of sp³-hybridized carbons (Fsp3) is 0.182. The SMILES string of the molecule is CC1=C(C)Sc2ccccc2C=N1. The molecule has 1 heterocycles. The molecule has 13 heavy (non-hydrogen) atoms. The molecule has 66 valence electrons. The molecule has 0 atom stereocenters. The maximum absolute atomic E-state index is 4.38. The second-order valence-electron chi connectivity index (χ2n) is 3.04. The van der Waals surface area contributed by atoms with Gasteiger partial charge in [-0.3, -0.25) is 4.99 Å². The molecule has 0 saturated heterocycles. The zero-order chi connectivity index (χ0) is 9.26. The minimum absolute atomic E-state index is 1.11. The van der Waals surface area contributed by atoms with E-state index >= 15 is 0 Å². The van der Waals surface area contributed by atoms with Crippen molar-refractivity contribution in [3.63, 3.8) is 0 Å². The monoisotopic (exact) mass is 189 g/mol. The van der Waals surface area contributed by atoms with Crippen molar-refractivity contribution in [3.05, 3.63) is 40.4 Å². The number of rotatable bonds is 0. The van der Waals surface area contributed by atoms with Crippen LogP contribution in [0.15, 0.2) is 44.8 Å². The summed E-state index contributed by atoms with van der Waals surface area (Å²) in [7, 11) is 0. The average molecular weight is 189 g/mol. The van der Waals surface area contributed by atoms with E-state index in [-0.39, 0.29) is 0 Å². The largest absolute Gasteiger partial charge is 0.260 e. The molecule has 0 radical (unpaired) electrons. The van der Waals surface area contributed by atoms with Gasteiger partial charge in [-0.15, -0.1) is 0 Å². The molecule has 1 aliphatic heterocycles. The Labute approximate surface area is 82.6 Å². The highest BCUT2D eigenvalue weighted by Crippen LogP contribution is 2.32. The summed E-state index contributed by atoms with van der Waals surface area (Å²) in [4.78, 5) is 6.95. The Morgan fingerprint density at radius 3 is 2.77 bits per heavy atom. The molecule has 1 aliphatic rings. The van der Waals surface area contributed by atoms with Gasteiger partial charge in [0, 0.05) is 27.3 Å². The van der Waals surface area contributed by atoms with Crippen molar-refractivity contribution in [1.82, 2.24) is 0 Å². The molecule has 0 aliphatic carbocycles. The number of allylic oxidation sites excluding steroid dienone is 2. The van der Waals surface area contributed by atoms with Crippen LogP contribution in [0.2, 0.25) is 0 Å². The molecular weight excluding hydrogens is 178 g/mol. The summed E-state index contributed by atoms with van der Waals surface area (Å²) < 4.78 is 0. The number of hydrogen-bond acceptors (Lipinski definition) is 2. The lowest BCUT2D eigenvalue weighted by atomic mass is 10.2. The van der Waals surface area contributed by atoms with E-state index in [1.807, 2.05) is 19.2 Å². The summed E-state index contributed by atoms with van der Waals surface area (Å²) in [5.41, 5.74) is 2.32. The molecule has 0 bridgehead atoms. The Balaban J connectivity index is 2.51. The topological polar surface area (TPSA) is 12.4 Å². The Morgan fingerprint density at radius 2 is 1.92 bits per heavy atom. The van der Waals surface area contributed by atoms with Crippen molar-refractivity contribution < 1.29 is 0 Å². The Kier molecular flexibility index (Phi) is 2.23. The fourth-order valence-corrected chi connectivity index (χ4v) is 2.09. The second-order valence-corrected chi connectivity index (χ2v) is 4.30. The van der Waals surface area contributed by atoms with E-state index in [0.717, 1.165) is 5.70 Å². The standard InChI is InChI=1S/C11H11NS/c1-8-9(2)13-11-6-4-3-5-10(11)7-12-8/h3-7H,1-2H3. The first-order chi connectivity index (χ1) is 6.27. The van der Waals surface area contributed by atoms with Crippen LogP contribution in [0.25, 0.3) is 0 Å². The molecular formula is C11H11NS. The van der Waals surface area contributed by atoms with E-state index < -0.39 is 0 Å². The van der Waals surface area contributed by atoms with E-state index in [0.29, 0.717) is 0 Å². The number of thioether (sulfide) groups is 1. The summed E-state index contributed by atoms with van der Waals surface area (Å²) in [5, 5.41) is 0. The van der Waals surface area contributed by atoms with Crippen LogP contribution in [-0.2, 0) is 0 Å². The second kappa shape index (κ2) is 3.38. The molecule has 0 saturated carbocycles. The van der Waals surface area contributed by atoms with Crippen LogP contribution in [0.5, 0.6) is 0 Å². The van der Waals surface area contributed by atoms with Crippen LogP contribution < -0.4 is 0 Å². The number of fused-ring (bicyclic) bond motifs is 1. The molecule has 0 aromatic heterocycles. The van der Waals surface area contributed by atoms with Crippen molar-refractivity contribution in [2.75, 3.05) is 0 Å². The van der Waals surface area contributed by atoms with Crippen LogP contribution in [-0.4, -0.2) is 6.21 Å². The van der Waals surface area contributed by atoms with Crippen LogP contribution in [0.3, 0.4) is 0 Å². The van der Waals surface area contributed by atoms with Gasteiger partial charge in [0.05, 0.1) is 0 Å². The Bertz CT molecular complexity index is 391. The lowest BCUT2D eigenvalue weighted by molar-refractivity contribution is 1.28. The smallest absolute Gasteiger partial charge is 0.0468 e. The molecule has 1 nitrogen and oxygen atoms in total. The van der Waals surface area contributed by atoms with E-state index in [1.165, 1.54) is 15.4 Å². The highest BCUT2D eigenvalue weighted by molar-refractivity contribution is 8.03. The summed E-state index contributed by atoms with van der Waals surface area (Å²) in [6.07, 6.45) is 1.94. The highest BCUT2D eigenvalue weighted by atomic mass is 32.2. The number of nitrogens with zero attached hydrogens (tertiary/aromatic N) is 1. The molecule has 2 rings (SSSR count). The Hall–Kier alpha value is -1.02. The zero-order valence-electron chi connectivity index (χ0n) is 7.74. The summed E-state index contributed by atoms with van der Waals surface area (Å²) in [6, 6.07) is 8.33. The molecule has 1 aromatic carbocycles. The molecule has 2 heteroatoms. The predicted molar refractivity (Wildman–Crippen MR) is 58.3 cm³/mol. The van der Waals surface area contributed by atoms with Crippen LogP contribution >= 0.6 is 11.8 Å². The molecule has 0 spiro atoms. The number of hydrogen-bond donors (Lipinski definition) is 0. The van der Waals surface area contributed by atoms with Gasteiger partial charge in [0.2, 0.25) is 0 Å². The zero-order valence-corrected chi connectivity index (χ0v) is 8.56. The van der Waals surface area contributed by atoms with Gasteiger partial charge in [0.15, 0.2) is 0 Å². The molecule has 0 N–H and O–H groups in total. The third kappa shape index (κ3) is 1.68. The van der Waals surface area contributed by atoms with Crippen molar-refractivity contribution in [3.8, 4) is 0 Å².